The highest BCUT2D eigenvalue weighted by Gasteiger charge is 2.55. The Bertz CT molecular complexity index is 433. The number of hydrogen-bond acceptors (Lipinski definition) is 2. The van der Waals surface area contributed by atoms with Gasteiger partial charge in [0, 0.05) is 6.54 Å². The summed E-state index contributed by atoms with van der Waals surface area (Å²) >= 11 is 0. The number of fused-ring (bicyclic) bond motifs is 2. The molecule has 1 saturated carbocycles. The van der Waals surface area contributed by atoms with Gasteiger partial charge in [-0.2, -0.15) is 0 Å². The van der Waals surface area contributed by atoms with Gasteiger partial charge >= 0.3 is 0 Å². The normalized spacial score (nSPS) is 31.3. The molecule has 2 aliphatic rings. The fourth-order valence-corrected chi connectivity index (χ4v) is 3.77. The van der Waals surface area contributed by atoms with E-state index in [9.17, 15) is 9.59 Å². The van der Waals surface area contributed by atoms with E-state index in [-0.39, 0.29) is 17.7 Å². The van der Waals surface area contributed by atoms with Crippen molar-refractivity contribution >= 4 is 11.8 Å². The van der Waals surface area contributed by atoms with Crippen LogP contribution in [0.1, 0.15) is 52.4 Å². The zero-order valence-corrected chi connectivity index (χ0v) is 13.2. The lowest BCUT2D eigenvalue weighted by molar-refractivity contribution is -0.135. The van der Waals surface area contributed by atoms with Gasteiger partial charge in [0.25, 0.3) is 0 Å². The van der Waals surface area contributed by atoms with Crippen LogP contribution in [0, 0.1) is 23.2 Å². The van der Waals surface area contributed by atoms with E-state index in [1.54, 1.807) is 0 Å². The van der Waals surface area contributed by atoms with E-state index < -0.39 is 5.41 Å². The van der Waals surface area contributed by atoms with Crippen molar-refractivity contribution in [1.82, 2.24) is 5.32 Å². The van der Waals surface area contributed by atoms with E-state index in [4.69, 9.17) is 5.73 Å². The Morgan fingerprint density at radius 2 is 2.19 bits per heavy atom. The van der Waals surface area contributed by atoms with Gasteiger partial charge < -0.3 is 11.1 Å². The molecule has 0 saturated heterocycles. The number of unbranched alkanes of at least 4 members (excludes halogenated alkanes) is 1. The lowest BCUT2D eigenvalue weighted by atomic mass is 9.77. The van der Waals surface area contributed by atoms with Gasteiger partial charge in [-0.1, -0.05) is 45.3 Å². The second kappa shape index (κ2) is 6.63. The first kappa shape index (κ1) is 16.1. The van der Waals surface area contributed by atoms with Gasteiger partial charge in [-0.05, 0) is 31.1 Å². The molecule has 2 rings (SSSR count). The molecule has 0 aromatic carbocycles. The maximum Gasteiger partial charge on any atom is 0.228 e. The molecule has 0 spiro atoms. The summed E-state index contributed by atoms with van der Waals surface area (Å²) in [6, 6.07) is 0. The minimum absolute atomic E-state index is 0.00309. The molecule has 0 aliphatic heterocycles. The summed E-state index contributed by atoms with van der Waals surface area (Å²) < 4.78 is 0. The number of allylic oxidation sites excluding steroid dienone is 1. The smallest absolute Gasteiger partial charge is 0.228 e. The van der Waals surface area contributed by atoms with Gasteiger partial charge in [-0.25, -0.2) is 0 Å². The third kappa shape index (κ3) is 3.30. The standard InChI is InChI=1S/C17H28N2O2/c1-3-4-5-12(2)7-9-19-15(20)14-10-13-6-8-17(14,11-13)16(18)21/h6,8,12-14H,3-5,7,9-11H2,1-2H3,(H2,18,21)(H,19,20). The Morgan fingerprint density at radius 3 is 2.81 bits per heavy atom. The van der Waals surface area contributed by atoms with Gasteiger partial charge in [0.2, 0.25) is 11.8 Å². The number of amides is 2. The summed E-state index contributed by atoms with van der Waals surface area (Å²) in [5, 5.41) is 3.02. The molecule has 2 bridgehead atoms. The van der Waals surface area contributed by atoms with Gasteiger partial charge in [0.15, 0.2) is 0 Å². The van der Waals surface area contributed by atoms with Crippen LogP contribution in [0.5, 0.6) is 0 Å². The highest BCUT2D eigenvalue weighted by molar-refractivity contribution is 5.93. The highest BCUT2D eigenvalue weighted by Crippen LogP contribution is 2.53. The van der Waals surface area contributed by atoms with Crippen LogP contribution in [0.2, 0.25) is 0 Å². The molecule has 0 aromatic heterocycles. The van der Waals surface area contributed by atoms with E-state index in [1.165, 1.54) is 19.3 Å². The number of primary amides is 1. The predicted octanol–water partition coefficient (Wildman–Crippen LogP) is 2.39. The van der Waals surface area contributed by atoms with Crippen LogP contribution in [0.4, 0.5) is 0 Å². The van der Waals surface area contributed by atoms with E-state index in [0.29, 0.717) is 24.8 Å². The molecule has 1 fully saturated rings. The lowest BCUT2D eigenvalue weighted by Crippen LogP contribution is -2.45. The number of nitrogens with one attached hydrogen (secondary N) is 1. The summed E-state index contributed by atoms with van der Waals surface area (Å²) in [4.78, 5) is 24.2. The molecular formula is C17H28N2O2. The molecule has 4 nitrogen and oxygen atoms in total. The van der Waals surface area contributed by atoms with Crippen molar-refractivity contribution < 1.29 is 9.59 Å². The number of hydrogen-bond donors (Lipinski definition) is 2. The largest absolute Gasteiger partial charge is 0.369 e. The summed E-state index contributed by atoms with van der Waals surface area (Å²) in [6.07, 6.45) is 10.1. The van der Waals surface area contributed by atoms with Crippen LogP contribution in [-0.4, -0.2) is 18.4 Å². The Morgan fingerprint density at radius 1 is 1.43 bits per heavy atom. The molecule has 2 amide bonds. The summed E-state index contributed by atoms with van der Waals surface area (Å²) in [5.41, 5.74) is 4.84. The highest BCUT2D eigenvalue weighted by atomic mass is 16.2. The van der Waals surface area contributed by atoms with Crippen molar-refractivity contribution in [3.05, 3.63) is 12.2 Å². The van der Waals surface area contributed by atoms with Crippen LogP contribution in [0.25, 0.3) is 0 Å². The molecule has 0 aromatic rings. The van der Waals surface area contributed by atoms with E-state index in [1.807, 2.05) is 12.2 Å². The molecule has 2 aliphatic carbocycles. The Kier molecular flexibility index (Phi) is 5.07. The first-order valence-electron chi connectivity index (χ1n) is 8.26. The molecule has 21 heavy (non-hydrogen) atoms. The second-order valence-corrected chi connectivity index (χ2v) is 6.84. The second-order valence-electron chi connectivity index (χ2n) is 6.84. The van der Waals surface area contributed by atoms with E-state index in [2.05, 4.69) is 19.2 Å². The lowest BCUT2D eigenvalue weighted by Gasteiger charge is -2.28. The number of carbonyl (C=O) groups is 2. The fourth-order valence-electron chi connectivity index (χ4n) is 3.77. The number of carbonyl (C=O) groups excluding carboxylic acids is 2. The van der Waals surface area contributed by atoms with Crippen molar-refractivity contribution in [3.63, 3.8) is 0 Å². The SMILES string of the molecule is CCCCC(C)CCNC(=O)C1CC2C=CC1(C(N)=O)C2. The molecule has 4 unspecified atom stereocenters. The van der Waals surface area contributed by atoms with Gasteiger partial charge in [-0.3, -0.25) is 9.59 Å². The topological polar surface area (TPSA) is 72.2 Å². The van der Waals surface area contributed by atoms with Crippen LogP contribution in [0.15, 0.2) is 12.2 Å². The van der Waals surface area contributed by atoms with Crippen molar-refractivity contribution in [2.45, 2.75) is 52.4 Å². The van der Waals surface area contributed by atoms with Gasteiger partial charge in [0.05, 0.1) is 11.3 Å². The first-order valence-corrected chi connectivity index (χ1v) is 8.26. The Hall–Kier alpha value is -1.32. The molecular weight excluding hydrogens is 264 g/mol. The first-order chi connectivity index (χ1) is 9.99. The molecule has 4 atom stereocenters. The summed E-state index contributed by atoms with van der Waals surface area (Å²) in [7, 11) is 0. The fraction of sp³-hybridized carbons (Fsp3) is 0.765. The molecule has 0 heterocycles. The zero-order chi connectivity index (χ0) is 15.5. The van der Waals surface area contributed by atoms with Crippen LogP contribution in [0.3, 0.4) is 0 Å². The third-order valence-corrected chi connectivity index (χ3v) is 5.19. The summed E-state index contributed by atoms with van der Waals surface area (Å²) in [6.45, 7) is 5.12. The zero-order valence-electron chi connectivity index (χ0n) is 13.2. The van der Waals surface area contributed by atoms with Crippen molar-refractivity contribution in [2.75, 3.05) is 6.54 Å². The maximum atomic E-state index is 12.4. The molecule has 0 radical (unpaired) electrons. The Labute approximate surface area is 127 Å². The third-order valence-electron chi connectivity index (χ3n) is 5.19. The monoisotopic (exact) mass is 292 g/mol. The Balaban J connectivity index is 1.82. The van der Waals surface area contributed by atoms with Crippen molar-refractivity contribution in [1.29, 1.82) is 0 Å². The van der Waals surface area contributed by atoms with Crippen LogP contribution >= 0.6 is 0 Å². The predicted molar refractivity (Wildman–Crippen MR) is 83.3 cm³/mol. The van der Waals surface area contributed by atoms with E-state index >= 15 is 0 Å². The minimum Gasteiger partial charge on any atom is -0.369 e. The number of rotatable bonds is 8. The quantitative estimate of drug-likeness (QED) is 0.674. The number of nitrogens with two attached hydrogens (primary N) is 1. The summed E-state index contributed by atoms with van der Waals surface area (Å²) in [5.74, 6) is 0.363. The molecule has 118 valence electrons. The van der Waals surface area contributed by atoms with Crippen molar-refractivity contribution in [3.8, 4) is 0 Å². The van der Waals surface area contributed by atoms with Gasteiger partial charge in [0.1, 0.15) is 0 Å². The van der Waals surface area contributed by atoms with Crippen LogP contribution in [-0.2, 0) is 9.59 Å². The maximum absolute atomic E-state index is 12.4. The van der Waals surface area contributed by atoms with Gasteiger partial charge in [-0.15, -0.1) is 0 Å². The van der Waals surface area contributed by atoms with Crippen LogP contribution < -0.4 is 11.1 Å². The van der Waals surface area contributed by atoms with Crippen molar-refractivity contribution in [2.24, 2.45) is 28.9 Å². The minimum atomic E-state index is -0.720. The van der Waals surface area contributed by atoms with E-state index in [0.717, 1.165) is 12.8 Å². The average molecular weight is 292 g/mol. The average Bonchev–Trinajstić information content (AvgIpc) is 3.04. The molecule has 4 heteroatoms. The molecule has 3 N–H and O–H groups in total.